The van der Waals surface area contributed by atoms with Crippen molar-refractivity contribution in [1.29, 1.82) is 5.26 Å². The van der Waals surface area contributed by atoms with Crippen LogP contribution >= 0.6 is 0 Å². The minimum Gasteiger partial charge on any atom is -0.250 e. The zero-order valence-electron chi connectivity index (χ0n) is 13.6. The number of rotatable bonds is 2. The van der Waals surface area contributed by atoms with Crippen LogP contribution in [0.25, 0.3) is 33.7 Å². The molecular weight excluding hydrogens is 308 g/mol. The number of hydrogen-bond donors (Lipinski definition) is 0. The van der Waals surface area contributed by atoms with Gasteiger partial charge >= 0.3 is 0 Å². The third-order valence-corrected chi connectivity index (χ3v) is 3.99. The molecule has 0 atom stereocenters. The van der Waals surface area contributed by atoms with Crippen molar-refractivity contribution in [2.24, 2.45) is 0 Å². The summed E-state index contributed by atoms with van der Waals surface area (Å²) in [6.07, 6.45) is 0. The molecule has 4 nitrogen and oxygen atoms in total. The number of para-hydroxylation sites is 1. The van der Waals surface area contributed by atoms with E-state index >= 15 is 0 Å². The molecule has 0 unspecified atom stereocenters. The van der Waals surface area contributed by atoms with Gasteiger partial charge in [0.05, 0.1) is 22.8 Å². The number of aryl methyl sites for hydroxylation is 1. The predicted molar refractivity (Wildman–Crippen MR) is 97.7 cm³/mol. The van der Waals surface area contributed by atoms with Gasteiger partial charge in [-0.15, -0.1) is 0 Å². The van der Waals surface area contributed by atoms with E-state index in [1.165, 1.54) is 0 Å². The van der Waals surface area contributed by atoms with Gasteiger partial charge in [-0.3, -0.25) is 0 Å². The molecule has 25 heavy (non-hydrogen) atoms. The average Bonchev–Trinajstić information content (AvgIpc) is 2.67. The fraction of sp³-hybridized carbons (Fsp3) is 0.0476. The van der Waals surface area contributed by atoms with E-state index in [1.807, 2.05) is 67.6 Å². The van der Waals surface area contributed by atoms with Gasteiger partial charge in [-0.05, 0) is 37.3 Å². The molecule has 0 N–H and O–H groups in total. The van der Waals surface area contributed by atoms with E-state index in [4.69, 9.17) is 4.98 Å². The highest BCUT2D eigenvalue weighted by atomic mass is 14.9. The van der Waals surface area contributed by atoms with Crippen LogP contribution in [0.15, 0.2) is 66.7 Å². The van der Waals surface area contributed by atoms with Crippen LogP contribution in [0.3, 0.4) is 0 Å². The summed E-state index contributed by atoms with van der Waals surface area (Å²) in [5.41, 5.74) is 4.82. The van der Waals surface area contributed by atoms with Crippen molar-refractivity contribution in [3.8, 4) is 28.8 Å². The maximum Gasteiger partial charge on any atom is 0.179 e. The number of aromatic nitrogens is 3. The lowest BCUT2D eigenvalue weighted by Crippen LogP contribution is -1.97. The number of fused-ring (bicyclic) bond motifs is 1. The smallest absolute Gasteiger partial charge is 0.179 e. The SMILES string of the molecule is Cc1cccc(-c2nc(-c3cccc(C#N)c3)c3ccccc3n2)n1. The van der Waals surface area contributed by atoms with E-state index in [0.717, 1.165) is 33.5 Å². The molecule has 4 heteroatoms. The second-order valence-electron chi connectivity index (χ2n) is 5.77. The second kappa shape index (κ2) is 6.14. The molecule has 2 aromatic heterocycles. The summed E-state index contributed by atoms with van der Waals surface area (Å²) in [7, 11) is 0. The molecule has 0 saturated heterocycles. The largest absolute Gasteiger partial charge is 0.250 e. The van der Waals surface area contributed by atoms with Crippen molar-refractivity contribution in [1.82, 2.24) is 15.0 Å². The van der Waals surface area contributed by atoms with E-state index in [0.29, 0.717) is 11.4 Å². The Morgan fingerprint density at radius 3 is 2.52 bits per heavy atom. The third-order valence-electron chi connectivity index (χ3n) is 3.99. The van der Waals surface area contributed by atoms with Crippen molar-refractivity contribution in [2.45, 2.75) is 6.92 Å². The highest BCUT2D eigenvalue weighted by Crippen LogP contribution is 2.29. The standard InChI is InChI=1S/C21H14N4/c1-14-6-4-11-19(23-14)21-24-18-10-3-2-9-17(18)20(25-21)16-8-5-7-15(12-16)13-22/h2-12H,1H3. The van der Waals surface area contributed by atoms with Gasteiger partial charge in [0.2, 0.25) is 0 Å². The summed E-state index contributed by atoms with van der Waals surface area (Å²) in [4.78, 5) is 14.0. The van der Waals surface area contributed by atoms with Crippen molar-refractivity contribution >= 4 is 10.9 Å². The van der Waals surface area contributed by atoms with Crippen LogP contribution in [0, 0.1) is 18.3 Å². The fourth-order valence-electron chi connectivity index (χ4n) is 2.81. The summed E-state index contributed by atoms with van der Waals surface area (Å²) >= 11 is 0. The zero-order chi connectivity index (χ0) is 17.2. The van der Waals surface area contributed by atoms with Gasteiger partial charge in [0, 0.05) is 16.6 Å². The van der Waals surface area contributed by atoms with Crippen LogP contribution in [-0.4, -0.2) is 15.0 Å². The molecule has 0 bridgehead atoms. The van der Waals surface area contributed by atoms with Gasteiger partial charge in [0.15, 0.2) is 5.82 Å². The Labute approximate surface area is 145 Å². The molecule has 0 radical (unpaired) electrons. The number of pyridine rings is 1. The van der Waals surface area contributed by atoms with Crippen LogP contribution in [-0.2, 0) is 0 Å². The lowest BCUT2D eigenvalue weighted by Gasteiger charge is -2.09. The average molecular weight is 322 g/mol. The van der Waals surface area contributed by atoms with Crippen molar-refractivity contribution in [3.05, 3.63) is 78.0 Å². The maximum absolute atomic E-state index is 9.19. The first-order chi connectivity index (χ1) is 12.2. The number of hydrogen-bond acceptors (Lipinski definition) is 4. The van der Waals surface area contributed by atoms with Gasteiger partial charge in [-0.25, -0.2) is 15.0 Å². The lowest BCUT2D eigenvalue weighted by atomic mass is 10.0. The van der Waals surface area contributed by atoms with Crippen LogP contribution in [0.2, 0.25) is 0 Å². The van der Waals surface area contributed by atoms with Crippen molar-refractivity contribution in [3.63, 3.8) is 0 Å². The molecule has 4 rings (SSSR count). The molecule has 0 fully saturated rings. The molecular formula is C21H14N4. The topological polar surface area (TPSA) is 62.5 Å². The summed E-state index contributed by atoms with van der Waals surface area (Å²) in [6.45, 7) is 1.95. The second-order valence-corrected chi connectivity index (χ2v) is 5.77. The minimum absolute atomic E-state index is 0.583. The molecule has 0 saturated carbocycles. The zero-order valence-corrected chi connectivity index (χ0v) is 13.6. The molecule has 0 aliphatic carbocycles. The fourth-order valence-corrected chi connectivity index (χ4v) is 2.81. The third kappa shape index (κ3) is 2.84. The molecule has 0 spiro atoms. The first-order valence-corrected chi connectivity index (χ1v) is 7.96. The van der Waals surface area contributed by atoms with Crippen LogP contribution in [0.5, 0.6) is 0 Å². The van der Waals surface area contributed by atoms with Crippen LogP contribution < -0.4 is 0 Å². The Morgan fingerprint density at radius 2 is 1.68 bits per heavy atom. The lowest BCUT2D eigenvalue weighted by molar-refractivity contribution is 1.14. The van der Waals surface area contributed by atoms with E-state index in [9.17, 15) is 5.26 Å². The molecule has 0 aliphatic heterocycles. The molecule has 0 aliphatic rings. The van der Waals surface area contributed by atoms with E-state index in [1.54, 1.807) is 6.07 Å². The van der Waals surface area contributed by atoms with Gasteiger partial charge < -0.3 is 0 Å². The Balaban J connectivity index is 2.01. The molecule has 2 aromatic carbocycles. The van der Waals surface area contributed by atoms with Gasteiger partial charge in [0.1, 0.15) is 5.69 Å². The molecule has 2 heterocycles. The normalized spacial score (nSPS) is 10.6. The summed E-state index contributed by atoms with van der Waals surface area (Å²) in [5, 5.41) is 10.1. The van der Waals surface area contributed by atoms with Gasteiger partial charge in [0.25, 0.3) is 0 Å². The van der Waals surface area contributed by atoms with E-state index in [-0.39, 0.29) is 0 Å². The number of nitrogens with zero attached hydrogens (tertiary/aromatic N) is 4. The highest BCUT2D eigenvalue weighted by Gasteiger charge is 2.12. The molecule has 118 valence electrons. The van der Waals surface area contributed by atoms with E-state index < -0.39 is 0 Å². The Kier molecular flexibility index (Phi) is 3.68. The van der Waals surface area contributed by atoms with Crippen LogP contribution in [0.1, 0.15) is 11.3 Å². The summed E-state index contributed by atoms with van der Waals surface area (Å²) in [5.74, 6) is 0.583. The van der Waals surface area contributed by atoms with E-state index in [2.05, 4.69) is 16.0 Å². The Morgan fingerprint density at radius 1 is 0.840 bits per heavy atom. The van der Waals surface area contributed by atoms with Crippen molar-refractivity contribution in [2.75, 3.05) is 0 Å². The summed E-state index contributed by atoms with van der Waals surface area (Å²) < 4.78 is 0. The monoisotopic (exact) mass is 322 g/mol. The first kappa shape index (κ1) is 15.0. The predicted octanol–water partition coefficient (Wildman–Crippen LogP) is 4.54. The molecule has 4 aromatic rings. The van der Waals surface area contributed by atoms with Gasteiger partial charge in [-0.1, -0.05) is 36.4 Å². The summed E-state index contributed by atoms with van der Waals surface area (Å²) in [6, 6.07) is 23.3. The molecule has 0 amide bonds. The van der Waals surface area contributed by atoms with Crippen LogP contribution in [0.4, 0.5) is 0 Å². The minimum atomic E-state index is 0.583. The maximum atomic E-state index is 9.19. The number of nitriles is 1. The highest BCUT2D eigenvalue weighted by molar-refractivity contribution is 5.93. The quantitative estimate of drug-likeness (QED) is 0.543. The van der Waals surface area contributed by atoms with Crippen molar-refractivity contribution < 1.29 is 0 Å². The first-order valence-electron chi connectivity index (χ1n) is 7.96. The Bertz CT molecular complexity index is 1130. The van der Waals surface area contributed by atoms with Gasteiger partial charge in [-0.2, -0.15) is 5.26 Å². The Hall–Kier alpha value is -3.58. The number of benzene rings is 2.